The molecule has 0 aromatic heterocycles. The lowest BCUT2D eigenvalue weighted by Gasteiger charge is -2.20. The number of benzene rings is 2. The fraction of sp³-hybridized carbons (Fsp3) is 0.278. The number of rotatable bonds is 3. The minimum Gasteiger partial charge on any atom is -0.392 e. The molecule has 0 aliphatic carbocycles. The highest BCUT2D eigenvalue weighted by Crippen LogP contribution is 2.32. The van der Waals surface area contributed by atoms with Gasteiger partial charge in [0.2, 0.25) is 0 Å². The van der Waals surface area contributed by atoms with Gasteiger partial charge in [0.25, 0.3) is 0 Å². The first kappa shape index (κ1) is 16.3. The molecule has 2 aromatic rings. The predicted molar refractivity (Wildman–Crippen MR) is 81.5 cm³/mol. The summed E-state index contributed by atoms with van der Waals surface area (Å²) in [5, 5.41) is 9.26. The summed E-state index contributed by atoms with van der Waals surface area (Å²) in [5.41, 5.74) is 0.523. The molecule has 0 amide bonds. The quantitative estimate of drug-likeness (QED) is 0.856. The lowest BCUT2D eigenvalue weighted by Crippen LogP contribution is -2.21. The van der Waals surface area contributed by atoms with Crippen LogP contribution in [0.25, 0.3) is 11.1 Å². The molecular weight excluding hydrogens is 286 g/mol. The first-order valence-electron chi connectivity index (χ1n) is 6.98. The molecule has 0 unspecified atom stereocenters. The minimum absolute atomic E-state index is 0.0390. The Bertz CT molecular complexity index is 716. The van der Waals surface area contributed by atoms with Crippen LogP contribution in [0.5, 0.6) is 0 Å². The molecule has 4 heteroatoms. The van der Waals surface area contributed by atoms with E-state index in [-0.39, 0.29) is 23.5 Å². The number of hydrogen-bond donors (Lipinski definition) is 1. The van der Waals surface area contributed by atoms with Crippen molar-refractivity contribution in [2.75, 3.05) is 0 Å². The molecule has 1 N–H and O–H groups in total. The predicted octanol–water partition coefficient (Wildman–Crippen LogP) is 4.35. The van der Waals surface area contributed by atoms with Crippen molar-refractivity contribution in [1.82, 2.24) is 0 Å². The van der Waals surface area contributed by atoms with Crippen LogP contribution in [0.15, 0.2) is 36.4 Å². The number of aliphatic hydroxyl groups is 1. The Morgan fingerprint density at radius 2 is 1.73 bits per heavy atom. The van der Waals surface area contributed by atoms with Crippen molar-refractivity contribution < 1.29 is 18.7 Å². The number of Topliss-reactive ketones (excluding diaryl/α,β-unsaturated/α-hetero) is 1. The molecule has 0 bridgehead atoms. The Kier molecular flexibility index (Phi) is 4.42. The van der Waals surface area contributed by atoms with E-state index in [1.807, 2.05) is 0 Å². The number of ketones is 1. The molecule has 0 saturated heterocycles. The van der Waals surface area contributed by atoms with Crippen LogP contribution in [0, 0.1) is 17.0 Å². The molecule has 2 aromatic carbocycles. The maximum atomic E-state index is 14.1. The first-order chi connectivity index (χ1) is 10.2. The van der Waals surface area contributed by atoms with Crippen LogP contribution >= 0.6 is 0 Å². The van der Waals surface area contributed by atoms with Crippen molar-refractivity contribution in [3.63, 3.8) is 0 Å². The van der Waals surface area contributed by atoms with E-state index >= 15 is 0 Å². The van der Waals surface area contributed by atoms with Crippen molar-refractivity contribution in [1.29, 1.82) is 0 Å². The first-order valence-corrected chi connectivity index (χ1v) is 6.98. The van der Waals surface area contributed by atoms with Crippen LogP contribution in [0.4, 0.5) is 8.78 Å². The molecular formula is C18H18F2O2. The third kappa shape index (κ3) is 3.22. The van der Waals surface area contributed by atoms with Crippen LogP contribution < -0.4 is 0 Å². The van der Waals surface area contributed by atoms with E-state index in [0.717, 1.165) is 18.2 Å². The molecule has 0 fully saturated rings. The lowest BCUT2D eigenvalue weighted by atomic mass is 9.82. The molecule has 116 valence electrons. The largest absolute Gasteiger partial charge is 0.392 e. The number of carbonyl (C=O) groups excluding carboxylic acids is 1. The van der Waals surface area contributed by atoms with Gasteiger partial charge in [-0.3, -0.25) is 4.79 Å². The maximum absolute atomic E-state index is 14.1. The van der Waals surface area contributed by atoms with Gasteiger partial charge in [0, 0.05) is 16.5 Å². The average molecular weight is 304 g/mol. The van der Waals surface area contributed by atoms with E-state index in [1.165, 1.54) is 6.07 Å². The van der Waals surface area contributed by atoms with Crippen LogP contribution in [0.2, 0.25) is 0 Å². The molecule has 0 heterocycles. The van der Waals surface area contributed by atoms with Gasteiger partial charge in [-0.15, -0.1) is 0 Å². The topological polar surface area (TPSA) is 37.3 Å². The van der Waals surface area contributed by atoms with E-state index in [1.54, 1.807) is 32.9 Å². The van der Waals surface area contributed by atoms with Crippen molar-refractivity contribution in [2.24, 2.45) is 5.41 Å². The molecule has 0 aliphatic rings. The Balaban J connectivity index is 2.70. The zero-order valence-electron chi connectivity index (χ0n) is 12.8. The standard InChI is InChI=1S/C18H18F2O2/c1-18(2,3)17(22)15-8-11(10-21)4-6-13(15)14-9-12(19)5-7-16(14)20/h4-9,21H,10H2,1-3H3. The van der Waals surface area contributed by atoms with E-state index in [2.05, 4.69) is 0 Å². The van der Waals surface area contributed by atoms with Crippen LogP contribution in [-0.4, -0.2) is 10.9 Å². The second-order valence-electron chi connectivity index (χ2n) is 6.24. The minimum atomic E-state index is -0.674. The highest BCUT2D eigenvalue weighted by molar-refractivity contribution is 6.05. The van der Waals surface area contributed by atoms with Crippen LogP contribution in [0.3, 0.4) is 0 Å². The SMILES string of the molecule is CC(C)(C)C(=O)c1cc(CO)ccc1-c1cc(F)ccc1F. The number of hydrogen-bond acceptors (Lipinski definition) is 2. The summed E-state index contributed by atoms with van der Waals surface area (Å²) in [6.07, 6.45) is 0. The third-order valence-electron chi connectivity index (χ3n) is 3.41. The Morgan fingerprint density at radius 1 is 1.05 bits per heavy atom. The van der Waals surface area contributed by atoms with Gasteiger partial charge in [-0.2, -0.15) is 0 Å². The summed E-state index contributed by atoms with van der Waals surface area (Å²) in [4.78, 5) is 12.6. The monoisotopic (exact) mass is 304 g/mol. The Labute approximate surface area is 128 Å². The van der Waals surface area contributed by atoms with Gasteiger partial charge in [-0.1, -0.05) is 32.9 Å². The smallest absolute Gasteiger partial charge is 0.168 e. The second kappa shape index (κ2) is 5.97. The van der Waals surface area contributed by atoms with E-state index in [0.29, 0.717) is 11.1 Å². The fourth-order valence-corrected chi connectivity index (χ4v) is 2.22. The molecule has 0 saturated carbocycles. The average Bonchev–Trinajstić information content (AvgIpc) is 2.47. The Hall–Kier alpha value is -2.07. The normalized spacial score (nSPS) is 11.5. The van der Waals surface area contributed by atoms with Crippen molar-refractivity contribution >= 4 is 5.78 Å². The van der Waals surface area contributed by atoms with Crippen molar-refractivity contribution in [3.05, 3.63) is 59.2 Å². The van der Waals surface area contributed by atoms with Gasteiger partial charge >= 0.3 is 0 Å². The zero-order chi connectivity index (χ0) is 16.5. The van der Waals surface area contributed by atoms with Crippen molar-refractivity contribution in [3.8, 4) is 11.1 Å². The number of carbonyl (C=O) groups is 1. The highest BCUT2D eigenvalue weighted by Gasteiger charge is 2.26. The molecule has 2 nitrogen and oxygen atoms in total. The summed E-state index contributed by atoms with van der Waals surface area (Å²) in [6.45, 7) is 5.04. The van der Waals surface area contributed by atoms with Gasteiger partial charge in [0.15, 0.2) is 5.78 Å². The summed E-state index contributed by atoms with van der Waals surface area (Å²) in [7, 11) is 0. The lowest BCUT2D eigenvalue weighted by molar-refractivity contribution is 0.0859. The fourth-order valence-electron chi connectivity index (χ4n) is 2.22. The van der Waals surface area contributed by atoms with Crippen LogP contribution in [-0.2, 0) is 6.61 Å². The molecule has 22 heavy (non-hydrogen) atoms. The number of aliphatic hydroxyl groups excluding tert-OH is 1. The molecule has 0 spiro atoms. The molecule has 0 atom stereocenters. The zero-order valence-corrected chi connectivity index (χ0v) is 12.8. The summed E-state index contributed by atoms with van der Waals surface area (Å²) in [6, 6.07) is 7.82. The van der Waals surface area contributed by atoms with E-state index in [4.69, 9.17) is 0 Å². The highest BCUT2D eigenvalue weighted by atomic mass is 19.1. The van der Waals surface area contributed by atoms with E-state index in [9.17, 15) is 18.7 Å². The number of halogens is 2. The van der Waals surface area contributed by atoms with Gasteiger partial charge in [0.05, 0.1) is 6.61 Å². The van der Waals surface area contributed by atoms with Gasteiger partial charge < -0.3 is 5.11 Å². The third-order valence-corrected chi connectivity index (χ3v) is 3.41. The summed E-state index contributed by atoms with van der Waals surface area (Å²) in [5.74, 6) is -1.36. The van der Waals surface area contributed by atoms with E-state index < -0.39 is 17.0 Å². The molecule has 2 rings (SSSR count). The van der Waals surface area contributed by atoms with Gasteiger partial charge in [-0.25, -0.2) is 8.78 Å². The van der Waals surface area contributed by atoms with Gasteiger partial charge in [0.1, 0.15) is 11.6 Å². The van der Waals surface area contributed by atoms with Crippen LogP contribution in [0.1, 0.15) is 36.7 Å². The maximum Gasteiger partial charge on any atom is 0.168 e. The second-order valence-corrected chi connectivity index (χ2v) is 6.24. The summed E-state index contributed by atoms with van der Waals surface area (Å²) >= 11 is 0. The van der Waals surface area contributed by atoms with Crippen molar-refractivity contribution in [2.45, 2.75) is 27.4 Å². The Morgan fingerprint density at radius 3 is 2.32 bits per heavy atom. The summed E-state index contributed by atoms with van der Waals surface area (Å²) < 4.78 is 27.5. The van der Waals surface area contributed by atoms with Gasteiger partial charge in [-0.05, 0) is 35.4 Å². The molecule has 0 aliphatic heterocycles. The molecule has 0 radical (unpaired) electrons.